The van der Waals surface area contributed by atoms with Gasteiger partial charge < -0.3 is 5.32 Å². The molecule has 4 aromatic rings. The van der Waals surface area contributed by atoms with Crippen molar-refractivity contribution in [1.29, 1.82) is 0 Å². The third kappa shape index (κ3) is 4.31. The maximum absolute atomic E-state index is 13.8. The summed E-state index contributed by atoms with van der Waals surface area (Å²) in [5.74, 6) is -0.0742. The fourth-order valence-corrected chi connectivity index (χ4v) is 4.96. The first-order valence-electron chi connectivity index (χ1n) is 9.07. The Balaban J connectivity index is 1.60. The molecule has 2 heterocycles. The van der Waals surface area contributed by atoms with Gasteiger partial charge in [0.1, 0.15) is 21.5 Å². The van der Waals surface area contributed by atoms with Crippen LogP contribution in [0.4, 0.5) is 10.1 Å². The molecule has 4 rings (SSSR count). The number of hydrogen-bond acceptors (Lipinski definition) is 5. The maximum Gasteiger partial charge on any atom is 0.237 e. The molecule has 1 unspecified atom stereocenters. The minimum absolute atomic E-state index is 0.177. The number of benzene rings is 2. The van der Waals surface area contributed by atoms with E-state index in [-0.39, 0.29) is 11.6 Å². The van der Waals surface area contributed by atoms with Crippen molar-refractivity contribution in [3.63, 3.8) is 0 Å². The van der Waals surface area contributed by atoms with Crippen molar-refractivity contribution in [2.24, 2.45) is 0 Å². The minimum Gasteiger partial charge on any atom is -0.323 e. The Morgan fingerprint density at radius 3 is 2.59 bits per heavy atom. The molecule has 2 aromatic carbocycles. The van der Waals surface area contributed by atoms with Crippen LogP contribution in [0.3, 0.4) is 0 Å². The normalized spacial score (nSPS) is 12.1. The van der Waals surface area contributed by atoms with Crippen molar-refractivity contribution >= 4 is 44.9 Å². The number of amides is 1. The SMILES string of the molecule is Cc1nc(SC(C)C(=O)Nc2ccccc2F)c2cc(-c3ccccc3)sc2n1. The Labute approximate surface area is 176 Å². The first kappa shape index (κ1) is 19.5. The second-order valence-corrected chi connectivity index (χ2v) is 8.86. The number of para-hydroxylation sites is 1. The molecule has 4 nitrogen and oxygen atoms in total. The summed E-state index contributed by atoms with van der Waals surface area (Å²) >= 11 is 2.95. The zero-order valence-corrected chi connectivity index (χ0v) is 17.5. The number of thiophene rings is 1. The molecule has 146 valence electrons. The molecule has 1 amide bonds. The Morgan fingerprint density at radius 2 is 1.83 bits per heavy atom. The molecule has 0 aliphatic carbocycles. The topological polar surface area (TPSA) is 54.9 Å². The standard InChI is InChI=1S/C22H18FN3OS2/c1-13(20(27)26-18-11-7-6-10-17(18)23)28-21-16-12-19(15-8-4-3-5-9-15)29-22(16)25-14(2)24-21/h3-13H,1-2H3,(H,26,27). The third-order valence-electron chi connectivity index (χ3n) is 4.32. The summed E-state index contributed by atoms with van der Waals surface area (Å²) in [6.45, 7) is 3.63. The van der Waals surface area contributed by atoms with Crippen molar-refractivity contribution in [1.82, 2.24) is 9.97 Å². The number of carbonyl (C=O) groups is 1. The number of nitrogens with one attached hydrogen (secondary N) is 1. The number of halogens is 1. The summed E-state index contributed by atoms with van der Waals surface area (Å²) in [6, 6.07) is 18.3. The van der Waals surface area contributed by atoms with Gasteiger partial charge in [-0.25, -0.2) is 14.4 Å². The molecule has 0 fully saturated rings. The maximum atomic E-state index is 13.8. The monoisotopic (exact) mass is 423 g/mol. The van der Waals surface area contributed by atoms with E-state index in [1.54, 1.807) is 36.5 Å². The van der Waals surface area contributed by atoms with Gasteiger partial charge in [-0.1, -0.05) is 54.2 Å². The van der Waals surface area contributed by atoms with Gasteiger partial charge in [0.2, 0.25) is 5.91 Å². The summed E-state index contributed by atoms with van der Waals surface area (Å²) in [6.07, 6.45) is 0. The molecule has 0 radical (unpaired) electrons. The lowest BCUT2D eigenvalue weighted by atomic mass is 10.2. The van der Waals surface area contributed by atoms with Crippen LogP contribution in [0, 0.1) is 12.7 Å². The molecule has 0 bridgehead atoms. The van der Waals surface area contributed by atoms with Gasteiger partial charge in [-0.05, 0) is 37.6 Å². The van der Waals surface area contributed by atoms with E-state index in [4.69, 9.17) is 0 Å². The first-order chi connectivity index (χ1) is 14.0. The number of rotatable bonds is 5. The number of anilines is 1. The van der Waals surface area contributed by atoms with Crippen LogP contribution >= 0.6 is 23.1 Å². The first-order valence-corrected chi connectivity index (χ1v) is 10.8. The summed E-state index contributed by atoms with van der Waals surface area (Å²) in [4.78, 5) is 23.7. The van der Waals surface area contributed by atoms with Gasteiger partial charge >= 0.3 is 0 Å². The van der Waals surface area contributed by atoms with Gasteiger partial charge in [-0.2, -0.15) is 0 Å². The smallest absolute Gasteiger partial charge is 0.237 e. The van der Waals surface area contributed by atoms with E-state index in [9.17, 15) is 9.18 Å². The number of carbonyl (C=O) groups excluding carboxylic acids is 1. The van der Waals surface area contributed by atoms with Crippen LogP contribution in [0.25, 0.3) is 20.7 Å². The Kier molecular flexibility index (Phi) is 5.60. The molecule has 0 saturated carbocycles. The number of aryl methyl sites for hydroxylation is 1. The lowest BCUT2D eigenvalue weighted by Gasteiger charge is -2.12. The van der Waals surface area contributed by atoms with E-state index < -0.39 is 11.1 Å². The summed E-state index contributed by atoms with van der Waals surface area (Å²) < 4.78 is 13.8. The van der Waals surface area contributed by atoms with E-state index in [1.807, 2.05) is 25.1 Å². The summed E-state index contributed by atoms with van der Waals surface area (Å²) in [5, 5.41) is 3.87. The highest BCUT2D eigenvalue weighted by atomic mass is 32.2. The molecule has 2 aromatic heterocycles. The molecular formula is C22H18FN3OS2. The lowest BCUT2D eigenvalue weighted by Crippen LogP contribution is -2.23. The average Bonchev–Trinajstić information content (AvgIpc) is 3.14. The van der Waals surface area contributed by atoms with Crippen LogP contribution in [0.1, 0.15) is 12.7 Å². The van der Waals surface area contributed by atoms with E-state index >= 15 is 0 Å². The molecule has 0 aliphatic rings. The predicted molar refractivity (Wildman–Crippen MR) is 118 cm³/mol. The molecular weight excluding hydrogens is 405 g/mol. The van der Waals surface area contributed by atoms with Gasteiger partial charge in [0, 0.05) is 10.3 Å². The van der Waals surface area contributed by atoms with Crippen molar-refractivity contribution < 1.29 is 9.18 Å². The van der Waals surface area contributed by atoms with Crippen molar-refractivity contribution in [2.75, 3.05) is 5.32 Å². The van der Waals surface area contributed by atoms with Crippen molar-refractivity contribution in [3.8, 4) is 10.4 Å². The molecule has 0 saturated heterocycles. The van der Waals surface area contributed by atoms with Crippen LogP contribution < -0.4 is 5.32 Å². The Bertz CT molecular complexity index is 1180. The average molecular weight is 424 g/mol. The van der Waals surface area contributed by atoms with Gasteiger partial charge in [-0.3, -0.25) is 4.79 Å². The highest BCUT2D eigenvalue weighted by Gasteiger charge is 2.20. The number of nitrogens with zero attached hydrogens (tertiary/aromatic N) is 2. The summed E-state index contributed by atoms with van der Waals surface area (Å²) in [7, 11) is 0. The van der Waals surface area contributed by atoms with E-state index in [0.717, 1.165) is 25.7 Å². The molecule has 7 heteroatoms. The highest BCUT2D eigenvalue weighted by molar-refractivity contribution is 8.00. The van der Waals surface area contributed by atoms with Gasteiger partial charge in [-0.15, -0.1) is 11.3 Å². The zero-order valence-electron chi connectivity index (χ0n) is 15.8. The molecule has 0 aliphatic heterocycles. The minimum atomic E-state index is -0.455. The van der Waals surface area contributed by atoms with Gasteiger partial charge in [0.05, 0.1) is 10.9 Å². The Morgan fingerprint density at radius 1 is 1.10 bits per heavy atom. The second kappa shape index (κ2) is 8.31. The molecule has 0 spiro atoms. The van der Waals surface area contributed by atoms with Crippen LogP contribution in [0.5, 0.6) is 0 Å². The van der Waals surface area contributed by atoms with Crippen LogP contribution in [0.15, 0.2) is 65.7 Å². The fraction of sp³-hybridized carbons (Fsp3) is 0.136. The van der Waals surface area contributed by atoms with Crippen LogP contribution in [-0.4, -0.2) is 21.1 Å². The van der Waals surface area contributed by atoms with Crippen molar-refractivity contribution in [2.45, 2.75) is 24.1 Å². The fourth-order valence-electron chi connectivity index (χ4n) is 2.85. The predicted octanol–water partition coefficient (Wildman–Crippen LogP) is 5.93. The second-order valence-electron chi connectivity index (χ2n) is 6.50. The quantitative estimate of drug-likeness (QED) is 0.319. The van der Waals surface area contributed by atoms with Gasteiger partial charge in [0.25, 0.3) is 0 Å². The van der Waals surface area contributed by atoms with Crippen molar-refractivity contribution in [3.05, 3.63) is 72.3 Å². The zero-order chi connectivity index (χ0) is 20.4. The van der Waals surface area contributed by atoms with Crippen LogP contribution in [-0.2, 0) is 4.79 Å². The third-order valence-corrected chi connectivity index (χ3v) is 6.50. The number of thioether (sulfide) groups is 1. The lowest BCUT2D eigenvalue weighted by molar-refractivity contribution is -0.115. The van der Waals surface area contributed by atoms with E-state index in [0.29, 0.717) is 5.82 Å². The number of hydrogen-bond donors (Lipinski definition) is 1. The van der Waals surface area contributed by atoms with E-state index in [2.05, 4.69) is 33.5 Å². The number of fused-ring (bicyclic) bond motifs is 1. The molecule has 1 atom stereocenters. The van der Waals surface area contributed by atoms with Crippen LogP contribution in [0.2, 0.25) is 0 Å². The molecule has 29 heavy (non-hydrogen) atoms. The number of aromatic nitrogens is 2. The van der Waals surface area contributed by atoms with E-state index in [1.165, 1.54) is 17.8 Å². The summed E-state index contributed by atoms with van der Waals surface area (Å²) in [5.41, 5.74) is 1.30. The Hall–Kier alpha value is -2.77. The molecule has 1 N–H and O–H groups in total. The van der Waals surface area contributed by atoms with Gasteiger partial charge in [0.15, 0.2) is 0 Å². The largest absolute Gasteiger partial charge is 0.323 e. The highest BCUT2D eigenvalue weighted by Crippen LogP contribution is 2.37.